The number of likely N-dealkylation sites (tertiary alicyclic amines) is 1. The predicted molar refractivity (Wildman–Crippen MR) is 91.1 cm³/mol. The summed E-state index contributed by atoms with van der Waals surface area (Å²) in [6.07, 6.45) is 3.33. The van der Waals surface area contributed by atoms with Crippen molar-refractivity contribution in [3.63, 3.8) is 0 Å². The standard InChI is InChI=1S/C18H31NO6/c1-18(2,3)25-17(22)19-10-15(9-13(19)11-20)24-14-7-5-12(6-8-14)16(21)23-4/h12-15,20H,5-11H2,1-4H3/t12-,13-,14-,15+/m0/s1. The van der Waals surface area contributed by atoms with E-state index in [4.69, 9.17) is 14.2 Å². The highest BCUT2D eigenvalue weighted by molar-refractivity contribution is 5.72. The predicted octanol–water partition coefficient (Wildman–Crippen LogP) is 2.11. The summed E-state index contributed by atoms with van der Waals surface area (Å²) < 4.78 is 16.4. The van der Waals surface area contributed by atoms with Gasteiger partial charge in [-0.2, -0.15) is 0 Å². The van der Waals surface area contributed by atoms with Crippen molar-refractivity contribution in [3.8, 4) is 0 Å². The summed E-state index contributed by atoms with van der Waals surface area (Å²) in [5.41, 5.74) is -0.567. The zero-order chi connectivity index (χ0) is 18.6. The van der Waals surface area contributed by atoms with Crippen molar-refractivity contribution in [3.05, 3.63) is 0 Å². The van der Waals surface area contributed by atoms with Gasteiger partial charge in [-0.05, 0) is 52.9 Å². The van der Waals surface area contributed by atoms with Crippen LogP contribution in [0.2, 0.25) is 0 Å². The summed E-state index contributed by atoms with van der Waals surface area (Å²) in [6, 6.07) is -0.272. The highest BCUT2D eigenvalue weighted by Gasteiger charge is 2.39. The first-order chi connectivity index (χ1) is 11.7. The number of methoxy groups -OCH3 is 1. The molecule has 2 rings (SSSR count). The minimum atomic E-state index is -0.567. The Kier molecular flexibility index (Phi) is 6.68. The molecule has 0 spiro atoms. The monoisotopic (exact) mass is 357 g/mol. The van der Waals surface area contributed by atoms with Gasteiger partial charge in [0.1, 0.15) is 5.60 Å². The van der Waals surface area contributed by atoms with Crippen LogP contribution in [0.4, 0.5) is 4.79 Å². The highest BCUT2D eigenvalue weighted by Crippen LogP contribution is 2.30. The lowest BCUT2D eigenvalue weighted by Gasteiger charge is -2.29. The van der Waals surface area contributed by atoms with E-state index in [2.05, 4.69) is 0 Å². The van der Waals surface area contributed by atoms with Crippen LogP contribution >= 0.6 is 0 Å². The van der Waals surface area contributed by atoms with Gasteiger partial charge in [0, 0.05) is 0 Å². The number of nitrogens with zero attached hydrogens (tertiary/aromatic N) is 1. The summed E-state index contributed by atoms with van der Waals surface area (Å²) >= 11 is 0. The Morgan fingerprint density at radius 1 is 1.12 bits per heavy atom. The van der Waals surface area contributed by atoms with E-state index in [0.29, 0.717) is 13.0 Å². The number of hydrogen-bond acceptors (Lipinski definition) is 6. The normalized spacial score (nSPS) is 30.2. The number of hydrogen-bond donors (Lipinski definition) is 1. The number of carbonyl (C=O) groups excluding carboxylic acids is 2. The lowest BCUT2D eigenvalue weighted by molar-refractivity contribution is -0.147. The molecule has 1 aliphatic heterocycles. The van der Waals surface area contributed by atoms with Gasteiger partial charge in [0.2, 0.25) is 0 Å². The molecule has 1 saturated heterocycles. The molecule has 7 nitrogen and oxygen atoms in total. The van der Waals surface area contributed by atoms with Crippen molar-refractivity contribution < 1.29 is 28.9 Å². The van der Waals surface area contributed by atoms with Crippen LogP contribution in [-0.2, 0) is 19.0 Å². The van der Waals surface area contributed by atoms with E-state index in [1.54, 1.807) is 4.90 Å². The quantitative estimate of drug-likeness (QED) is 0.776. The van der Waals surface area contributed by atoms with E-state index >= 15 is 0 Å². The van der Waals surface area contributed by atoms with E-state index in [9.17, 15) is 14.7 Å². The molecule has 1 saturated carbocycles. The molecule has 1 aliphatic carbocycles. The van der Waals surface area contributed by atoms with Gasteiger partial charge in [-0.25, -0.2) is 4.79 Å². The van der Waals surface area contributed by atoms with Crippen LogP contribution in [0, 0.1) is 5.92 Å². The molecule has 1 amide bonds. The lowest BCUT2D eigenvalue weighted by atomic mass is 9.87. The van der Waals surface area contributed by atoms with Gasteiger partial charge < -0.3 is 24.2 Å². The second-order valence-electron chi connectivity index (χ2n) is 7.96. The van der Waals surface area contributed by atoms with Crippen molar-refractivity contribution >= 4 is 12.1 Å². The number of rotatable bonds is 4. The highest BCUT2D eigenvalue weighted by atomic mass is 16.6. The van der Waals surface area contributed by atoms with Crippen LogP contribution in [-0.4, -0.2) is 66.2 Å². The maximum atomic E-state index is 12.3. The third kappa shape index (κ3) is 5.57. The van der Waals surface area contributed by atoms with Gasteiger partial charge in [0.15, 0.2) is 0 Å². The minimum absolute atomic E-state index is 0.0307. The maximum absolute atomic E-state index is 12.3. The molecule has 0 aromatic rings. The number of amides is 1. The van der Waals surface area contributed by atoms with Crippen molar-refractivity contribution in [2.45, 2.75) is 76.7 Å². The smallest absolute Gasteiger partial charge is 0.410 e. The average Bonchev–Trinajstić information content (AvgIpc) is 2.96. The second kappa shape index (κ2) is 8.36. The summed E-state index contributed by atoms with van der Waals surface area (Å²) in [5, 5.41) is 9.57. The molecule has 0 radical (unpaired) electrons. The molecule has 2 atom stereocenters. The van der Waals surface area contributed by atoms with Crippen molar-refractivity contribution in [1.82, 2.24) is 4.90 Å². The molecule has 0 aromatic carbocycles. The fourth-order valence-electron chi connectivity index (χ4n) is 3.56. The third-order valence-electron chi connectivity index (χ3n) is 4.81. The Hall–Kier alpha value is -1.34. The molecule has 144 valence electrons. The number of ether oxygens (including phenoxy) is 3. The topological polar surface area (TPSA) is 85.3 Å². The molecule has 2 aliphatic rings. The number of aliphatic hydroxyl groups excluding tert-OH is 1. The van der Waals surface area contributed by atoms with Gasteiger partial charge in [0.25, 0.3) is 0 Å². The Labute approximate surface area is 149 Å². The first-order valence-corrected chi connectivity index (χ1v) is 9.07. The zero-order valence-electron chi connectivity index (χ0n) is 15.7. The number of aliphatic hydroxyl groups is 1. The van der Waals surface area contributed by atoms with Gasteiger partial charge in [0.05, 0.1) is 44.4 Å². The summed E-state index contributed by atoms with van der Waals surface area (Å²) in [5.74, 6) is -0.173. The fraction of sp³-hybridized carbons (Fsp3) is 0.889. The van der Waals surface area contributed by atoms with Gasteiger partial charge in [-0.15, -0.1) is 0 Å². The largest absolute Gasteiger partial charge is 0.469 e. The van der Waals surface area contributed by atoms with E-state index in [1.807, 2.05) is 20.8 Å². The second-order valence-corrected chi connectivity index (χ2v) is 7.96. The fourth-order valence-corrected chi connectivity index (χ4v) is 3.56. The van der Waals surface area contributed by atoms with Crippen LogP contribution < -0.4 is 0 Å². The third-order valence-corrected chi connectivity index (χ3v) is 4.81. The average molecular weight is 357 g/mol. The molecule has 1 heterocycles. The molecule has 0 bridgehead atoms. The molecular weight excluding hydrogens is 326 g/mol. The summed E-state index contributed by atoms with van der Waals surface area (Å²) in [6.45, 7) is 5.79. The van der Waals surface area contributed by atoms with Crippen LogP contribution in [0.25, 0.3) is 0 Å². The molecule has 7 heteroatoms. The lowest BCUT2D eigenvalue weighted by Crippen LogP contribution is -2.41. The number of carbonyl (C=O) groups is 2. The number of esters is 1. The SMILES string of the molecule is COC(=O)[C@H]1CC[C@H](O[C@@H]2C[C@@H](CO)N(C(=O)OC(C)(C)C)C2)CC1. The Morgan fingerprint density at radius 2 is 1.76 bits per heavy atom. The van der Waals surface area contributed by atoms with Crippen LogP contribution in [0.15, 0.2) is 0 Å². The zero-order valence-corrected chi connectivity index (χ0v) is 15.7. The van der Waals surface area contributed by atoms with Crippen LogP contribution in [0.5, 0.6) is 0 Å². The summed E-state index contributed by atoms with van der Waals surface area (Å²) in [4.78, 5) is 25.5. The molecule has 0 unspecified atom stereocenters. The van der Waals surface area contributed by atoms with Crippen LogP contribution in [0.3, 0.4) is 0 Å². The summed E-state index contributed by atoms with van der Waals surface area (Å²) in [7, 11) is 1.42. The van der Waals surface area contributed by atoms with Gasteiger partial charge in [-0.1, -0.05) is 0 Å². The molecule has 0 aromatic heterocycles. The first kappa shape index (κ1) is 20.0. The molecule has 2 fully saturated rings. The van der Waals surface area contributed by atoms with E-state index in [-0.39, 0.29) is 36.7 Å². The molecular formula is C18H31NO6. The van der Waals surface area contributed by atoms with Crippen molar-refractivity contribution in [2.24, 2.45) is 5.92 Å². The van der Waals surface area contributed by atoms with Gasteiger partial charge in [-0.3, -0.25) is 4.79 Å². The van der Waals surface area contributed by atoms with Crippen molar-refractivity contribution in [2.75, 3.05) is 20.3 Å². The Bertz CT molecular complexity index is 467. The van der Waals surface area contributed by atoms with Gasteiger partial charge >= 0.3 is 12.1 Å². The molecule has 25 heavy (non-hydrogen) atoms. The molecule has 1 N–H and O–H groups in total. The first-order valence-electron chi connectivity index (χ1n) is 9.07. The Balaban J connectivity index is 1.84. The maximum Gasteiger partial charge on any atom is 0.410 e. The van der Waals surface area contributed by atoms with E-state index in [1.165, 1.54) is 7.11 Å². The van der Waals surface area contributed by atoms with E-state index in [0.717, 1.165) is 25.7 Å². The minimum Gasteiger partial charge on any atom is -0.469 e. The van der Waals surface area contributed by atoms with Crippen molar-refractivity contribution in [1.29, 1.82) is 0 Å². The van der Waals surface area contributed by atoms with Crippen LogP contribution in [0.1, 0.15) is 52.9 Å². The van der Waals surface area contributed by atoms with E-state index < -0.39 is 11.7 Å². The Morgan fingerprint density at radius 3 is 2.28 bits per heavy atom.